The van der Waals surface area contributed by atoms with Gasteiger partial charge in [0.2, 0.25) is 6.54 Å². The molecule has 3 nitrogen and oxygen atoms in total. The molecule has 0 saturated carbocycles. The van der Waals surface area contributed by atoms with Crippen molar-refractivity contribution in [1.29, 1.82) is 0 Å². The molecular weight excluding hydrogens is 130 g/mol. The van der Waals surface area contributed by atoms with Crippen molar-refractivity contribution in [3.05, 3.63) is 12.2 Å². The fraction of sp³-hybridized carbons (Fsp3) is 0.429. The summed E-state index contributed by atoms with van der Waals surface area (Å²) in [6.07, 6.45) is 6.66. The monoisotopic (exact) mass is 140 g/mol. The van der Waals surface area contributed by atoms with Crippen LogP contribution in [0.25, 0.3) is 0 Å². The van der Waals surface area contributed by atoms with Crippen molar-refractivity contribution in [2.75, 3.05) is 13.1 Å². The van der Waals surface area contributed by atoms with Crippen molar-refractivity contribution in [3.63, 3.8) is 0 Å². The molecule has 0 amide bonds. The predicted molar refractivity (Wildman–Crippen MR) is 37.5 cm³/mol. The van der Waals surface area contributed by atoms with E-state index in [9.17, 15) is 4.79 Å². The Hall–Kier alpha value is -1.12. The topological polar surface area (TPSA) is 40.3 Å². The predicted octanol–water partition coefficient (Wildman–Crippen LogP) is 0.114. The molecule has 0 spiro atoms. The zero-order chi connectivity index (χ0) is 7.40. The van der Waals surface area contributed by atoms with Crippen LogP contribution in [0, 0.1) is 0 Å². The summed E-state index contributed by atoms with van der Waals surface area (Å²) in [4.78, 5) is 10.2. The normalized spacial score (nSPS) is 16.6. The van der Waals surface area contributed by atoms with E-state index in [0.717, 1.165) is 13.0 Å². The molecule has 0 bridgehead atoms. The minimum Gasteiger partial charge on any atom is -0.477 e. The highest BCUT2D eigenvalue weighted by atomic mass is 16.4. The fourth-order valence-corrected chi connectivity index (χ4v) is 0.899. The Balaban J connectivity index is 2.47. The van der Waals surface area contributed by atoms with Gasteiger partial charge in [0.25, 0.3) is 0 Å². The van der Waals surface area contributed by atoms with Gasteiger partial charge in [0.15, 0.2) is 6.21 Å². The number of aliphatic carboxylic acids is 1. The molecule has 0 aromatic carbocycles. The minimum absolute atomic E-state index is 0.115. The molecule has 0 aromatic rings. The molecule has 10 heavy (non-hydrogen) atoms. The lowest BCUT2D eigenvalue weighted by atomic mass is 10.3. The number of carboxylic acid groups (broad SMARTS) is 1. The molecule has 0 aromatic heterocycles. The second-order valence-corrected chi connectivity index (χ2v) is 2.23. The van der Waals surface area contributed by atoms with Crippen LogP contribution in [-0.2, 0) is 4.79 Å². The van der Waals surface area contributed by atoms with Crippen molar-refractivity contribution >= 4 is 12.2 Å². The standard InChI is InChI=1S/C7H9NO2/c9-7(10)6-8-4-2-1-3-5-8/h1-2,4H,3,5-6H2/p+1. The Kier molecular flexibility index (Phi) is 2.20. The molecular formula is C7H10NO2+. The number of hydrogen-bond acceptors (Lipinski definition) is 1. The largest absolute Gasteiger partial charge is 0.477 e. The lowest BCUT2D eigenvalue weighted by molar-refractivity contribution is -0.513. The molecule has 1 rings (SSSR count). The number of rotatable bonds is 2. The van der Waals surface area contributed by atoms with E-state index in [2.05, 4.69) is 0 Å². The van der Waals surface area contributed by atoms with Gasteiger partial charge in [-0.25, -0.2) is 9.37 Å². The highest BCUT2D eigenvalue weighted by molar-refractivity contribution is 5.71. The van der Waals surface area contributed by atoms with Crippen LogP contribution in [0.1, 0.15) is 6.42 Å². The molecule has 1 aliphatic rings. The Morgan fingerprint density at radius 3 is 3.00 bits per heavy atom. The first-order valence-corrected chi connectivity index (χ1v) is 3.25. The van der Waals surface area contributed by atoms with Gasteiger partial charge < -0.3 is 5.11 Å². The first kappa shape index (κ1) is 6.99. The molecule has 0 atom stereocenters. The lowest BCUT2D eigenvalue weighted by Gasteiger charge is -2.00. The summed E-state index contributed by atoms with van der Waals surface area (Å²) in [5.74, 6) is -0.772. The second kappa shape index (κ2) is 3.15. The zero-order valence-electron chi connectivity index (χ0n) is 5.66. The van der Waals surface area contributed by atoms with Gasteiger partial charge in [-0.15, -0.1) is 0 Å². The maximum Gasteiger partial charge on any atom is 0.369 e. The van der Waals surface area contributed by atoms with Crippen LogP contribution in [0.4, 0.5) is 0 Å². The number of nitrogens with zero attached hydrogens (tertiary/aromatic N) is 1. The summed E-state index contributed by atoms with van der Waals surface area (Å²) in [5.41, 5.74) is 0. The Bertz CT molecular complexity index is 194. The second-order valence-electron chi connectivity index (χ2n) is 2.23. The van der Waals surface area contributed by atoms with Crippen molar-refractivity contribution in [2.24, 2.45) is 0 Å². The van der Waals surface area contributed by atoms with Crippen LogP contribution < -0.4 is 0 Å². The van der Waals surface area contributed by atoms with Crippen LogP contribution in [-0.4, -0.2) is 35.0 Å². The summed E-state index contributed by atoms with van der Waals surface area (Å²) in [7, 11) is 0. The van der Waals surface area contributed by atoms with Gasteiger partial charge in [0.1, 0.15) is 6.54 Å². The van der Waals surface area contributed by atoms with Crippen LogP contribution in [0.5, 0.6) is 0 Å². The first-order chi connectivity index (χ1) is 4.79. The van der Waals surface area contributed by atoms with Gasteiger partial charge >= 0.3 is 5.97 Å². The molecule has 1 N–H and O–H groups in total. The summed E-state index contributed by atoms with van der Waals surface area (Å²) in [6.45, 7) is 0.938. The Morgan fingerprint density at radius 1 is 1.70 bits per heavy atom. The SMILES string of the molecule is O=C(O)C[N+]1=CC=CCC1. The number of hydrogen-bond donors (Lipinski definition) is 1. The zero-order valence-corrected chi connectivity index (χ0v) is 5.66. The highest BCUT2D eigenvalue weighted by Crippen LogP contribution is 1.90. The summed E-state index contributed by atoms with van der Waals surface area (Å²) >= 11 is 0. The van der Waals surface area contributed by atoms with E-state index in [1.54, 1.807) is 10.8 Å². The van der Waals surface area contributed by atoms with E-state index in [1.807, 2.05) is 12.2 Å². The van der Waals surface area contributed by atoms with E-state index in [0.29, 0.717) is 0 Å². The summed E-state index contributed by atoms with van der Waals surface area (Å²) in [6, 6.07) is 0. The van der Waals surface area contributed by atoms with Crippen molar-refractivity contribution in [1.82, 2.24) is 0 Å². The maximum atomic E-state index is 10.2. The molecule has 1 aliphatic heterocycles. The molecule has 1 heterocycles. The Morgan fingerprint density at radius 2 is 2.50 bits per heavy atom. The third-order valence-corrected chi connectivity index (χ3v) is 1.35. The van der Waals surface area contributed by atoms with E-state index in [1.165, 1.54) is 0 Å². The van der Waals surface area contributed by atoms with Gasteiger partial charge in [-0.1, -0.05) is 6.08 Å². The maximum absolute atomic E-state index is 10.2. The number of carboxylic acids is 1. The van der Waals surface area contributed by atoms with Crippen LogP contribution in [0.15, 0.2) is 12.2 Å². The van der Waals surface area contributed by atoms with Gasteiger partial charge in [-0.05, 0) is 6.08 Å². The van der Waals surface area contributed by atoms with E-state index in [4.69, 9.17) is 5.11 Å². The van der Waals surface area contributed by atoms with Crippen molar-refractivity contribution in [3.8, 4) is 0 Å². The van der Waals surface area contributed by atoms with E-state index in [-0.39, 0.29) is 6.54 Å². The van der Waals surface area contributed by atoms with Crippen LogP contribution >= 0.6 is 0 Å². The molecule has 0 radical (unpaired) electrons. The van der Waals surface area contributed by atoms with Gasteiger partial charge in [0, 0.05) is 6.42 Å². The quantitative estimate of drug-likeness (QED) is 0.553. The van der Waals surface area contributed by atoms with Gasteiger partial charge in [-0.2, -0.15) is 0 Å². The molecule has 0 fully saturated rings. The van der Waals surface area contributed by atoms with Crippen molar-refractivity contribution in [2.45, 2.75) is 6.42 Å². The molecule has 3 heteroatoms. The van der Waals surface area contributed by atoms with Gasteiger partial charge in [0.05, 0.1) is 0 Å². The number of allylic oxidation sites excluding steroid dienone is 1. The molecule has 0 unspecified atom stereocenters. The number of carbonyl (C=O) groups is 1. The van der Waals surface area contributed by atoms with E-state index >= 15 is 0 Å². The van der Waals surface area contributed by atoms with Crippen LogP contribution in [0.2, 0.25) is 0 Å². The fourth-order valence-electron chi connectivity index (χ4n) is 0.899. The third kappa shape index (κ3) is 2.01. The van der Waals surface area contributed by atoms with Crippen molar-refractivity contribution < 1.29 is 14.5 Å². The summed E-state index contributed by atoms with van der Waals surface area (Å²) < 4.78 is 1.78. The van der Waals surface area contributed by atoms with Crippen LogP contribution in [0.3, 0.4) is 0 Å². The summed E-state index contributed by atoms with van der Waals surface area (Å²) in [5, 5.41) is 8.38. The van der Waals surface area contributed by atoms with E-state index < -0.39 is 5.97 Å². The smallest absolute Gasteiger partial charge is 0.369 e. The van der Waals surface area contributed by atoms with Gasteiger partial charge in [-0.3, -0.25) is 0 Å². The lowest BCUT2D eigenvalue weighted by Crippen LogP contribution is -2.23. The third-order valence-electron chi connectivity index (χ3n) is 1.35. The average molecular weight is 140 g/mol. The minimum atomic E-state index is -0.772. The highest BCUT2D eigenvalue weighted by Gasteiger charge is 2.09. The first-order valence-electron chi connectivity index (χ1n) is 3.25. The Labute approximate surface area is 59.3 Å². The molecule has 0 saturated heterocycles. The average Bonchev–Trinajstić information content (AvgIpc) is 1.88. The molecule has 0 aliphatic carbocycles. The molecule has 54 valence electrons.